The van der Waals surface area contributed by atoms with E-state index in [4.69, 9.17) is 18.5 Å². The summed E-state index contributed by atoms with van der Waals surface area (Å²) in [5, 5.41) is 13.0. The van der Waals surface area contributed by atoms with Crippen LogP contribution in [0.4, 0.5) is 4.39 Å². The molecule has 39 heavy (non-hydrogen) atoms. The van der Waals surface area contributed by atoms with Crippen LogP contribution in [-0.4, -0.2) is 75.7 Å². The number of aliphatic hydroxyl groups is 1. The van der Waals surface area contributed by atoms with Crippen LogP contribution in [0.25, 0.3) is 0 Å². The number of ether oxygens (including phenoxy) is 2. The SMILES string of the molecule is CC(C)OC(=O)[C@H](C)N[P@@](=O)(OCCSC(=O)C(C)(C)C)OC[C@H]1O[C@@H](n2ccc(=O)[nH]c2=O)[C@H](O)[C@@H]1CF. The second kappa shape index (κ2) is 14.2. The molecule has 6 atom stereocenters. The lowest BCUT2D eigenvalue weighted by Crippen LogP contribution is -2.37. The summed E-state index contributed by atoms with van der Waals surface area (Å²) in [7, 11) is -4.27. The molecular weight excluding hydrogens is 560 g/mol. The molecule has 0 bridgehead atoms. The van der Waals surface area contributed by atoms with Gasteiger partial charge in [0.05, 0.1) is 32.1 Å². The molecule has 0 saturated carbocycles. The molecule has 16 heteroatoms. The molecule has 0 aliphatic carbocycles. The van der Waals surface area contributed by atoms with Crippen molar-refractivity contribution < 1.29 is 42.2 Å². The predicted octanol–water partition coefficient (Wildman–Crippen LogP) is 1.76. The average Bonchev–Trinajstić information content (AvgIpc) is 3.14. The van der Waals surface area contributed by atoms with Crippen LogP contribution >= 0.6 is 19.5 Å². The van der Waals surface area contributed by atoms with Gasteiger partial charge < -0.3 is 14.6 Å². The van der Waals surface area contributed by atoms with Gasteiger partial charge >= 0.3 is 19.4 Å². The lowest BCUT2D eigenvalue weighted by Gasteiger charge is -2.25. The number of carbonyl (C=O) groups excluding carboxylic acids is 2. The molecule has 3 N–H and O–H groups in total. The minimum Gasteiger partial charge on any atom is -0.462 e. The van der Waals surface area contributed by atoms with Crippen LogP contribution in [0.5, 0.6) is 0 Å². The van der Waals surface area contributed by atoms with Gasteiger partial charge in [-0.2, -0.15) is 0 Å². The predicted molar refractivity (Wildman–Crippen MR) is 141 cm³/mol. The van der Waals surface area contributed by atoms with Crippen molar-refractivity contribution in [2.75, 3.05) is 25.6 Å². The van der Waals surface area contributed by atoms with E-state index in [0.29, 0.717) is 0 Å². The molecule has 0 radical (unpaired) electrons. The first-order valence-electron chi connectivity index (χ1n) is 12.3. The van der Waals surface area contributed by atoms with Gasteiger partial charge in [-0.15, -0.1) is 0 Å². The molecule has 1 aliphatic rings. The Kier molecular flexibility index (Phi) is 12.1. The fourth-order valence-corrected chi connectivity index (χ4v) is 5.81. The van der Waals surface area contributed by atoms with Crippen LogP contribution in [-0.2, 0) is 32.7 Å². The van der Waals surface area contributed by atoms with Gasteiger partial charge in [0, 0.05) is 29.3 Å². The third-order valence-corrected chi connectivity index (χ3v) is 8.44. The summed E-state index contributed by atoms with van der Waals surface area (Å²) in [4.78, 5) is 50.0. The summed E-state index contributed by atoms with van der Waals surface area (Å²) in [5.41, 5.74) is -2.13. The minimum atomic E-state index is -4.27. The van der Waals surface area contributed by atoms with Crippen LogP contribution in [0.2, 0.25) is 0 Å². The van der Waals surface area contributed by atoms with Gasteiger partial charge in [-0.1, -0.05) is 32.5 Å². The Labute approximate surface area is 229 Å². The maximum Gasteiger partial charge on any atom is 0.406 e. The fourth-order valence-electron chi connectivity index (χ4n) is 3.42. The topological polar surface area (TPSA) is 175 Å². The number of hydrogen-bond acceptors (Lipinski definition) is 11. The van der Waals surface area contributed by atoms with Crippen LogP contribution < -0.4 is 16.3 Å². The molecule has 0 unspecified atom stereocenters. The van der Waals surface area contributed by atoms with Crippen molar-refractivity contribution in [2.24, 2.45) is 11.3 Å². The quantitative estimate of drug-likeness (QED) is 0.171. The van der Waals surface area contributed by atoms with Crippen molar-refractivity contribution >= 4 is 30.6 Å². The molecule has 0 amide bonds. The number of aromatic nitrogens is 2. The molecule has 0 aromatic carbocycles. The zero-order valence-electron chi connectivity index (χ0n) is 22.7. The number of alkyl halides is 1. The molecule has 1 aromatic rings. The monoisotopic (exact) mass is 597 g/mol. The number of aliphatic hydroxyl groups excluding tert-OH is 1. The third kappa shape index (κ3) is 9.62. The number of aromatic amines is 1. The largest absolute Gasteiger partial charge is 0.462 e. The molecule has 13 nitrogen and oxygen atoms in total. The molecular formula is C23H37FN3O10PS. The summed E-state index contributed by atoms with van der Waals surface area (Å²) in [6.07, 6.45) is -3.36. The van der Waals surface area contributed by atoms with E-state index in [2.05, 4.69) is 5.09 Å². The van der Waals surface area contributed by atoms with Crippen LogP contribution in [0, 0.1) is 11.3 Å². The van der Waals surface area contributed by atoms with Gasteiger partial charge in [-0.3, -0.25) is 37.4 Å². The second-order valence-electron chi connectivity index (χ2n) is 10.2. The molecule has 0 spiro atoms. The number of carbonyl (C=O) groups is 2. The van der Waals surface area contributed by atoms with Gasteiger partial charge in [0.1, 0.15) is 12.1 Å². The summed E-state index contributed by atoms with van der Waals surface area (Å²) < 4.78 is 50.1. The van der Waals surface area contributed by atoms with Crippen molar-refractivity contribution in [1.29, 1.82) is 0 Å². The zero-order chi connectivity index (χ0) is 29.5. The molecule has 1 aliphatic heterocycles. The van der Waals surface area contributed by atoms with Crippen LogP contribution in [0.1, 0.15) is 47.8 Å². The number of hydrogen-bond donors (Lipinski definition) is 3. The van der Waals surface area contributed by atoms with Gasteiger partial charge in [0.15, 0.2) is 11.3 Å². The molecule has 1 fully saturated rings. The van der Waals surface area contributed by atoms with Crippen molar-refractivity contribution in [2.45, 2.75) is 72.1 Å². The van der Waals surface area contributed by atoms with Gasteiger partial charge in [0.2, 0.25) is 0 Å². The molecule has 1 aromatic heterocycles. The normalized spacial score (nSPS) is 23.9. The summed E-state index contributed by atoms with van der Waals surface area (Å²) in [6, 6.07) is -0.0841. The molecule has 1 saturated heterocycles. The van der Waals surface area contributed by atoms with E-state index in [1.807, 2.05) is 4.98 Å². The first-order chi connectivity index (χ1) is 18.1. The smallest absolute Gasteiger partial charge is 0.406 e. The first kappa shape index (κ1) is 33.3. The maximum atomic E-state index is 13.9. The highest BCUT2D eigenvalue weighted by Crippen LogP contribution is 2.46. The Morgan fingerprint density at radius 2 is 1.95 bits per heavy atom. The molecule has 2 heterocycles. The Morgan fingerprint density at radius 3 is 2.51 bits per heavy atom. The van der Waals surface area contributed by atoms with E-state index in [-0.39, 0.29) is 17.5 Å². The van der Waals surface area contributed by atoms with Crippen molar-refractivity contribution in [1.82, 2.24) is 14.6 Å². The van der Waals surface area contributed by atoms with Crippen LogP contribution in [0.15, 0.2) is 21.9 Å². The second-order valence-corrected chi connectivity index (χ2v) is 13.1. The number of H-pyrrole nitrogens is 1. The summed E-state index contributed by atoms with van der Waals surface area (Å²) in [6.45, 7) is 8.13. The van der Waals surface area contributed by atoms with E-state index in [9.17, 15) is 33.2 Å². The lowest BCUT2D eigenvalue weighted by molar-refractivity contribution is -0.149. The molecule has 2 rings (SSSR count). The highest BCUT2D eigenvalue weighted by molar-refractivity contribution is 8.13. The maximum absolute atomic E-state index is 13.9. The van der Waals surface area contributed by atoms with Gasteiger partial charge in [0.25, 0.3) is 5.56 Å². The Morgan fingerprint density at radius 1 is 1.28 bits per heavy atom. The van der Waals surface area contributed by atoms with Gasteiger partial charge in [-0.05, 0) is 20.8 Å². The first-order valence-corrected chi connectivity index (χ1v) is 14.9. The Bertz CT molecular complexity index is 1150. The van der Waals surface area contributed by atoms with Crippen molar-refractivity contribution in [3.05, 3.63) is 33.1 Å². The zero-order valence-corrected chi connectivity index (χ0v) is 24.5. The van der Waals surface area contributed by atoms with Crippen molar-refractivity contribution in [3.63, 3.8) is 0 Å². The van der Waals surface area contributed by atoms with E-state index in [1.54, 1.807) is 34.6 Å². The number of halogens is 1. The highest BCUT2D eigenvalue weighted by Gasteiger charge is 2.46. The van der Waals surface area contributed by atoms with Crippen molar-refractivity contribution in [3.8, 4) is 0 Å². The summed E-state index contributed by atoms with van der Waals surface area (Å²) >= 11 is 0.981. The fraction of sp³-hybridized carbons (Fsp3) is 0.739. The van der Waals surface area contributed by atoms with E-state index in [0.717, 1.165) is 28.6 Å². The highest BCUT2D eigenvalue weighted by atomic mass is 32.2. The Hall–Kier alpha value is -1.87. The van der Waals surface area contributed by atoms with Crippen LogP contribution in [0.3, 0.4) is 0 Å². The summed E-state index contributed by atoms with van der Waals surface area (Å²) in [5.74, 6) is -1.76. The number of nitrogens with one attached hydrogen (secondary N) is 2. The van der Waals surface area contributed by atoms with Gasteiger partial charge in [-0.25, -0.2) is 14.4 Å². The number of nitrogens with zero attached hydrogens (tertiary/aromatic N) is 1. The van der Waals surface area contributed by atoms with E-state index in [1.165, 1.54) is 6.92 Å². The molecule has 222 valence electrons. The number of rotatable bonds is 13. The third-order valence-electron chi connectivity index (χ3n) is 5.48. The minimum absolute atomic E-state index is 0.105. The average molecular weight is 598 g/mol. The standard InChI is InChI=1S/C23H37FN3O10PS/c1-13(2)36-20(30)14(3)26-38(33,34-9-10-39-21(31)23(4,5)6)35-12-16-15(11-24)18(29)19(37-16)27-8-7-17(28)25-22(27)32/h7-8,13-16,18-19,29H,9-12H2,1-6H3,(H,26,33)(H,25,28,32)/t14-,15+,16+,18+,19+,38+/m0/s1. The van der Waals surface area contributed by atoms with E-state index < -0.39 is 80.2 Å². The Balaban J connectivity index is 2.15. The lowest BCUT2D eigenvalue weighted by atomic mass is 10.00. The number of esters is 1. The van der Waals surface area contributed by atoms with E-state index >= 15 is 0 Å². The number of thioether (sulfide) groups is 1.